The van der Waals surface area contributed by atoms with Gasteiger partial charge in [0.05, 0.1) is 11.6 Å². The number of ether oxygens (including phenoxy) is 1. The zero-order valence-electron chi connectivity index (χ0n) is 17.7. The lowest BCUT2D eigenvalue weighted by Crippen LogP contribution is -2.44. The second kappa shape index (κ2) is 10.1. The minimum atomic E-state index is -0.334. The SMILES string of the molecule is CC(C)CC(CC(C)(C)N)NC(=O)c1ccc(COc2ccc(C#N)cc2)cc1. The molecule has 0 aliphatic heterocycles. The van der Waals surface area contributed by atoms with Crippen LogP contribution in [0, 0.1) is 17.2 Å². The molecule has 3 N–H and O–H groups in total. The van der Waals surface area contributed by atoms with Crippen LogP contribution in [0.1, 0.15) is 62.0 Å². The number of carbonyl (C=O) groups is 1. The van der Waals surface area contributed by atoms with Gasteiger partial charge in [-0.3, -0.25) is 4.79 Å². The summed E-state index contributed by atoms with van der Waals surface area (Å²) in [6, 6.07) is 16.5. The highest BCUT2D eigenvalue weighted by molar-refractivity contribution is 5.94. The minimum absolute atomic E-state index is 0.0434. The van der Waals surface area contributed by atoms with Crippen LogP contribution in [0.3, 0.4) is 0 Å². The molecule has 29 heavy (non-hydrogen) atoms. The number of benzene rings is 2. The summed E-state index contributed by atoms with van der Waals surface area (Å²) in [5.74, 6) is 1.09. The molecule has 0 saturated carbocycles. The number of rotatable bonds is 9. The highest BCUT2D eigenvalue weighted by Crippen LogP contribution is 2.17. The maximum Gasteiger partial charge on any atom is 0.251 e. The molecule has 0 spiro atoms. The van der Waals surface area contributed by atoms with Gasteiger partial charge in [0.25, 0.3) is 5.91 Å². The lowest BCUT2D eigenvalue weighted by molar-refractivity contribution is 0.0925. The minimum Gasteiger partial charge on any atom is -0.489 e. The zero-order chi connectivity index (χ0) is 21.4. The number of carbonyl (C=O) groups excluding carboxylic acids is 1. The number of amides is 1. The Kier molecular flexibility index (Phi) is 7.81. The number of nitriles is 1. The van der Waals surface area contributed by atoms with E-state index in [2.05, 4.69) is 25.2 Å². The van der Waals surface area contributed by atoms with Crippen molar-refractivity contribution in [2.24, 2.45) is 11.7 Å². The Balaban J connectivity index is 1.94. The highest BCUT2D eigenvalue weighted by Gasteiger charge is 2.22. The monoisotopic (exact) mass is 393 g/mol. The average molecular weight is 394 g/mol. The van der Waals surface area contributed by atoms with Crippen LogP contribution in [0.5, 0.6) is 5.75 Å². The molecule has 0 aromatic heterocycles. The Morgan fingerprint density at radius 1 is 1.14 bits per heavy atom. The molecule has 0 radical (unpaired) electrons. The van der Waals surface area contributed by atoms with Gasteiger partial charge >= 0.3 is 0 Å². The van der Waals surface area contributed by atoms with Crippen LogP contribution >= 0.6 is 0 Å². The quantitative estimate of drug-likeness (QED) is 0.660. The van der Waals surface area contributed by atoms with Crippen molar-refractivity contribution in [3.05, 3.63) is 65.2 Å². The van der Waals surface area contributed by atoms with Crippen LogP contribution in [0.15, 0.2) is 48.5 Å². The normalized spacial score (nSPS) is 12.3. The number of hydrogen-bond donors (Lipinski definition) is 2. The van der Waals surface area contributed by atoms with Crippen molar-refractivity contribution in [3.63, 3.8) is 0 Å². The summed E-state index contributed by atoms with van der Waals surface area (Å²) in [5, 5.41) is 12.0. The number of hydrogen-bond acceptors (Lipinski definition) is 4. The summed E-state index contributed by atoms with van der Waals surface area (Å²) in [7, 11) is 0. The van der Waals surface area contributed by atoms with Crippen molar-refractivity contribution >= 4 is 5.91 Å². The van der Waals surface area contributed by atoms with Crippen LogP contribution in [-0.4, -0.2) is 17.5 Å². The summed E-state index contributed by atoms with van der Waals surface area (Å²) in [4.78, 5) is 12.7. The Bertz CT molecular complexity index is 828. The van der Waals surface area contributed by atoms with E-state index in [0.717, 1.165) is 18.4 Å². The first-order valence-corrected chi connectivity index (χ1v) is 9.98. The Morgan fingerprint density at radius 3 is 2.28 bits per heavy atom. The number of nitrogens with two attached hydrogens (primary N) is 1. The second-order valence-corrected chi connectivity index (χ2v) is 8.61. The zero-order valence-corrected chi connectivity index (χ0v) is 17.7. The van der Waals surface area contributed by atoms with E-state index in [-0.39, 0.29) is 17.5 Å². The van der Waals surface area contributed by atoms with Crippen molar-refractivity contribution in [2.45, 2.75) is 58.7 Å². The van der Waals surface area contributed by atoms with Crippen molar-refractivity contribution in [1.82, 2.24) is 5.32 Å². The maximum absolute atomic E-state index is 12.7. The molecule has 1 atom stereocenters. The number of nitrogens with one attached hydrogen (secondary N) is 1. The van der Waals surface area contributed by atoms with Gasteiger partial charge in [-0.15, -0.1) is 0 Å². The van der Waals surface area contributed by atoms with Crippen molar-refractivity contribution in [3.8, 4) is 11.8 Å². The largest absolute Gasteiger partial charge is 0.489 e. The lowest BCUT2D eigenvalue weighted by Gasteiger charge is -2.28. The van der Waals surface area contributed by atoms with Crippen molar-refractivity contribution < 1.29 is 9.53 Å². The first-order valence-electron chi connectivity index (χ1n) is 9.98. The third-order valence-electron chi connectivity index (χ3n) is 4.47. The van der Waals surface area contributed by atoms with Gasteiger partial charge in [-0.1, -0.05) is 26.0 Å². The van der Waals surface area contributed by atoms with E-state index in [1.807, 2.05) is 38.1 Å². The molecule has 0 saturated heterocycles. The molecule has 0 fully saturated rings. The first-order chi connectivity index (χ1) is 13.7. The lowest BCUT2D eigenvalue weighted by atomic mass is 9.91. The van der Waals surface area contributed by atoms with Crippen LogP contribution in [0.4, 0.5) is 0 Å². The van der Waals surface area contributed by atoms with Crippen LogP contribution in [-0.2, 0) is 6.61 Å². The standard InChI is InChI=1S/C24H31N3O2/c1-17(2)13-21(14-24(3,4)26)27-23(28)20-9-5-19(6-10-20)16-29-22-11-7-18(15-25)8-12-22/h5-12,17,21H,13-14,16,26H2,1-4H3,(H,27,28). The van der Waals surface area contributed by atoms with Gasteiger partial charge in [-0.2, -0.15) is 5.26 Å². The summed E-state index contributed by atoms with van der Waals surface area (Å²) >= 11 is 0. The van der Waals surface area contributed by atoms with Gasteiger partial charge in [0.1, 0.15) is 12.4 Å². The van der Waals surface area contributed by atoms with Gasteiger partial charge in [-0.05, 0) is 74.6 Å². The van der Waals surface area contributed by atoms with Gasteiger partial charge in [0.2, 0.25) is 0 Å². The molecule has 0 heterocycles. The van der Waals surface area contributed by atoms with E-state index in [9.17, 15) is 4.79 Å². The third-order valence-corrected chi connectivity index (χ3v) is 4.47. The van der Waals surface area contributed by atoms with E-state index in [1.54, 1.807) is 24.3 Å². The molecule has 2 aromatic rings. The molecule has 0 aliphatic carbocycles. The van der Waals surface area contributed by atoms with Crippen LogP contribution < -0.4 is 15.8 Å². The van der Waals surface area contributed by atoms with Gasteiger partial charge in [-0.25, -0.2) is 0 Å². The fourth-order valence-corrected chi connectivity index (χ4v) is 3.21. The first kappa shape index (κ1) is 22.4. The predicted molar refractivity (Wildman–Crippen MR) is 116 cm³/mol. The molecule has 0 bridgehead atoms. The molecule has 154 valence electrons. The van der Waals surface area contributed by atoms with E-state index < -0.39 is 0 Å². The molecule has 1 amide bonds. The number of nitrogens with zero attached hydrogens (tertiary/aromatic N) is 1. The summed E-state index contributed by atoms with van der Waals surface area (Å²) in [6.45, 7) is 8.64. The average Bonchev–Trinajstić information content (AvgIpc) is 2.65. The molecule has 5 heteroatoms. The fourth-order valence-electron chi connectivity index (χ4n) is 3.21. The van der Waals surface area contributed by atoms with Crippen molar-refractivity contribution in [1.29, 1.82) is 5.26 Å². The molecule has 0 aliphatic rings. The molecule has 5 nitrogen and oxygen atoms in total. The van der Waals surface area contributed by atoms with Gasteiger partial charge in [0, 0.05) is 17.1 Å². The van der Waals surface area contributed by atoms with Gasteiger partial charge in [0.15, 0.2) is 0 Å². The Hall–Kier alpha value is -2.84. The Labute approximate surface area is 173 Å². The fraction of sp³-hybridized carbons (Fsp3) is 0.417. The topological polar surface area (TPSA) is 88.1 Å². The smallest absolute Gasteiger partial charge is 0.251 e. The van der Waals surface area contributed by atoms with E-state index in [0.29, 0.717) is 29.4 Å². The van der Waals surface area contributed by atoms with E-state index >= 15 is 0 Å². The summed E-state index contributed by atoms with van der Waals surface area (Å²) < 4.78 is 5.73. The summed E-state index contributed by atoms with van der Waals surface area (Å²) in [5.41, 5.74) is 8.01. The molecular formula is C24H31N3O2. The van der Waals surface area contributed by atoms with Gasteiger partial charge < -0.3 is 15.8 Å². The van der Waals surface area contributed by atoms with Crippen molar-refractivity contribution in [2.75, 3.05) is 0 Å². The molecular weight excluding hydrogens is 362 g/mol. The third kappa shape index (κ3) is 7.97. The molecule has 2 rings (SSSR count). The highest BCUT2D eigenvalue weighted by atomic mass is 16.5. The Morgan fingerprint density at radius 2 is 1.76 bits per heavy atom. The second-order valence-electron chi connectivity index (χ2n) is 8.61. The van der Waals surface area contributed by atoms with Crippen LogP contribution in [0.2, 0.25) is 0 Å². The summed E-state index contributed by atoms with van der Waals surface area (Å²) in [6.07, 6.45) is 1.62. The predicted octanol–water partition coefficient (Wildman–Crippen LogP) is 4.41. The van der Waals surface area contributed by atoms with E-state index in [4.69, 9.17) is 15.7 Å². The van der Waals surface area contributed by atoms with E-state index in [1.165, 1.54) is 0 Å². The maximum atomic E-state index is 12.7. The molecule has 2 aromatic carbocycles. The van der Waals surface area contributed by atoms with Crippen LogP contribution in [0.25, 0.3) is 0 Å². The molecule has 1 unspecified atom stereocenters.